The highest BCUT2D eigenvalue weighted by Gasteiger charge is 2.24. The van der Waals surface area contributed by atoms with E-state index in [0.29, 0.717) is 12.5 Å². The summed E-state index contributed by atoms with van der Waals surface area (Å²) in [5, 5.41) is 1.05. The predicted molar refractivity (Wildman–Crippen MR) is 133 cm³/mol. The van der Waals surface area contributed by atoms with Gasteiger partial charge in [-0.15, -0.1) is 0 Å². The molecule has 0 atom stereocenters. The van der Waals surface area contributed by atoms with E-state index in [9.17, 15) is 4.39 Å². The molecule has 3 aromatic rings. The van der Waals surface area contributed by atoms with Gasteiger partial charge in [0.25, 0.3) is 0 Å². The second-order valence-electron chi connectivity index (χ2n) is 9.28. The molecule has 2 saturated heterocycles. The predicted octanol–water partition coefficient (Wildman–Crippen LogP) is 4.71. The average Bonchev–Trinajstić information content (AvgIpc) is 3.27. The van der Waals surface area contributed by atoms with Gasteiger partial charge in [0.1, 0.15) is 11.6 Å². The Hall–Kier alpha value is -2.57. The zero-order valence-electron chi connectivity index (χ0n) is 19.6. The number of para-hydroxylation sites is 2. The lowest BCUT2D eigenvalue weighted by atomic mass is 9.89. The summed E-state index contributed by atoms with van der Waals surface area (Å²) < 4.78 is 19.6. The molecule has 0 saturated carbocycles. The molecule has 0 spiro atoms. The summed E-state index contributed by atoms with van der Waals surface area (Å²) in [6, 6.07) is 13.4. The highest BCUT2D eigenvalue weighted by atomic mass is 19.1. The number of aromatic amines is 1. The van der Waals surface area contributed by atoms with Crippen molar-refractivity contribution >= 4 is 16.6 Å². The van der Waals surface area contributed by atoms with Crippen LogP contribution in [-0.2, 0) is 0 Å². The van der Waals surface area contributed by atoms with Crippen molar-refractivity contribution in [2.24, 2.45) is 0 Å². The fraction of sp³-hybridized carbons (Fsp3) is 0.481. The fourth-order valence-corrected chi connectivity index (χ4v) is 5.41. The molecule has 2 fully saturated rings. The fourth-order valence-electron chi connectivity index (χ4n) is 5.41. The average molecular weight is 451 g/mol. The molecule has 176 valence electrons. The maximum atomic E-state index is 13.7. The maximum Gasteiger partial charge on any atom is 0.142 e. The van der Waals surface area contributed by atoms with Crippen LogP contribution in [0.4, 0.5) is 10.1 Å². The van der Waals surface area contributed by atoms with E-state index in [1.807, 2.05) is 19.1 Å². The molecule has 2 aliphatic rings. The summed E-state index contributed by atoms with van der Waals surface area (Å²) in [5.41, 5.74) is 3.54. The van der Waals surface area contributed by atoms with E-state index in [1.165, 1.54) is 17.3 Å². The van der Waals surface area contributed by atoms with Crippen molar-refractivity contribution in [1.29, 1.82) is 0 Å². The molecule has 3 heterocycles. The van der Waals surface area contributed by atoms with Gasteiger partial charge in [-0.1, -0.05) is 12.1 Å². The smallest absolute Gasteiger partial charge is 0.142 e. The third-order valence-corrected chi connectivity index (χ3v) is 7.31. The molecule has 6 heteroatoms. The summed E-state index contributed by atoms with van der Waals surface area (Å²) >= 11 is 0. The largest absolute Gasteiger partial charge is 0.492 e. The van der Waals surface area contributed by atoms with Crippen LogP contribution in [0.3, 0.4) is 0 Å². The Balaban J connectivity index is 1.08. The minimum atomic E-state index is -0.151. The van der Waals surface area contributed by atoms with Crippen LogP contribution < -0.4 is 9.64 Å². The van der Waals surface area contributed by atoms with Crippen molar-refractivity contribution < 1.29 is 9.13 Å². The number of ether oxygens (including phenoxy) is 1. The summed E-state index contributed by atoms with van der Waals surface area (Å²) in [5.74, 6) is 1.36. The molecule has 0 radical (unpaired) electrons. The lowest BCUT2D eigenvalue weighted by molar-refractivity contribution is 0.168. The monoisotopic (exact) mass is 450 g/mol. The number of piperazine rings is 1. The third kappa shape index (κ3) is 5.02. The van der Waals surface area contributed by atoms with Crippen molar-refractivity contribution in [2.75, 3.05) is 63.9 Å². The normalized spacial score (nSPS) is 18.8. The van der Waals surface area contributed by atoms with E-state index in [-0.39, 0.29) is 5.82 Å². The van der Waals surface area contributed by atoms with Gasteiger partial charge in [-0.25, -0.2) is 4.39 Å². The molecule has 1 N–H and O–H groups in total. The summed E-state index contributed by atoms with van der Waals surface area (Å²) in [6.07, 6.45) is 4.38. The minimum Gasteiger partial charge on any atom is -0.492 e. The van der Waals surface area contributed by atoms with Crippen LogP contribution in [0.5, 0.6) is 5.75 Å². The first-order valence-electron chi connectivity index (χ1n) is 12.4. The van der Waals surface area contributed by atoms with Crippen molar-refractivity contribution in [3.05, 3.63) is 60.0 Å². The SMILES string of the molecule is CCOc1ccccc1N1CCN(CCN2CCC(c3c[nH]c4ccc(F)cc34)CC2)CC1. The molecule has 33 heavy (non-hydrogen) atoms. The number of fused-ring (bicyclic) bond motifs is 1. The van der Waals surface area contributed by atoms with Gasteiger partial charge in [0.2, 0.25) is 0 Å². The first-order valence-corrected chi connectivity index (χ1v) is 12.4. The number of nitrogens with one attached hydrogen (secondary N) is 1. The van der Waals surface area contributed by atoms with Crippen LogP contribution in [0.2, 0.25) is 0 Å². The molecule has 2 aliphatic heterocycles. The first kappa shape index (κ1) is 22.2. The number of hydrogen-bond acceptors (Lipinski definition) is 4. The number of rotatable bonds is 7. The molecule has 0 bridgehead atoms. The Labute approximate surface area is 196 Å². The molecule has 0 aliphatic carbocycles. The van der Waals surface area contributed by atoms with Crippen molar-refractivity contribution in [3.8, 4) is 5.75 Å². The summed E-state index contributed by atoms with van der Waals surface area (Å²) in [7, 11) is 0. The molecule has 0 amide bonds. The number of aromatic nitrogens is 1. The van der Waals surface area contributed by atoms with Gasteiger partial charge < -0.3 is 19.5 Å². The molecular weight excluding hydrogens is 415 g/mol. The van der Waals surface area contributed by atoms with Crippen LogP contribution in [-0.4, -0.2) is 73.7 Å². The number of hydrogen-bond donors (Lipinski definition) is 1. The molecular formula is C27H35FN4O. The topological polar surface area (TPSA) is 34.7 Å². The standard InChI is InChI=1S/C27H35FN4O/c1-2-33-27-6-4-3-5-26(27)32-17-15-31(16-18-32)14-13-30-11-9-21(10-12-30)24-20-29-25-8-7-22(28)19-23(24)25/h3-8,19-21,29H,2,9-18H2,1H3. The number of piperidine rings is 1. The van der Waals surface area contributed by atoms with Crippen LogP contribution >= 0.6 is 0 Å². The van der Waals surface area contributed by atoms with Gasteiger partial charge in [-0.3, -0.25) is 4.90 Å². The lowest BCUT2D eigenvalue weighted by Gasteiger charge is -2.38. The Morgan fingerprint density at radius 1 is 0.939 bits per heavy atom. The summed E-state index contributed by atoms with van der Waals surface area (Å²) in [4.78, 5) is 11.0. The van der Waals surface area contributed by atoms with Gasteiger partial charge >= 0.3 is 0 Å². The molecule has 0 unspecified atom stereocenters. The number of benzene rings is 2. The number of nitrogens with zero attached hydrogens (tertiary/aromatic N) is 3. The lowest BCUT2D eigenvalue weighted by Crippen LogP contribution is -2.49. The molecule has 2 aromatic carbocycles. The number of halogens is 1. The second kappa shape index (κ2) is 10.1. The van der Waals surface area contributed by atoms with Crippen molar-refractivity contribution in [2.45, 2.75) is 25.7 Å². The number of H-pyrrole nitrogens is 1. The minimum absolute atomic E-state index is 0.151. The Morgan fingerprint density at radius 2 is 1.67 bits per heavy atom. The Kier molecular flexibility index (Phi) is 6.83. The van der Waals surface area contributed by atoms with Crippen molar-refractivity contribution in [3.63, 3.8) is 0 Å². The highest BCUT2D eigenvalue weighted by Crippen LogP contribution is 2.33. The number of likely N-dealkylation sites (tertiary alicyclic amines) is 1. The third-order valence-electron chi connectivity index (χ3n) is 7.31. The van der Waals surface area contributed by atoms with E-state index in [2.05, 4.69) is 44.1 Å². The van der Waals surface area contributed by atoms with Crippen molar-refractivity contribution in [1.82, 2.24) is 14.8 Å². The second-order valence-corrected chi connectivity index (χ2v) is 9.28. The van der Waals surface area contributed by atoms with Crippen LogP contribution in [0, 0.1) is 5.82 Å². The quantitative estimate of drug-likeness (QED) is 0.566. The van der Waals surface area contributed by atoms with Gasteiger partial charge in [-0.05, 0) is 74.7 Å². The van der Waals surface area contributed by atoms with E-state index >= 15 is 0 Å². The van der Waals surface area contributed by atoms with Crippen LogP contribution in [0.25, 0.3) is 10.9 Å². The van der Waals surface area contributed by atoms with E-state index in [4.69, 9.17) is 4.74 Å². The summed E-state index contributed by atoms with van der Waals surface area (Å²) in [6.45, 7) is 11.5. The molecule has 5 rings (SSSR count). The van der Waals surface area contributed by atoms with Crippen LogP contribution in [0.15, 0.2) is 48.7 Å². The van der Waals surface area contributed by atoms with E-state index < -0.39 is 0 Å². The Morgan fingerprint density at radius 3 is 2.42 bits per heavy atom. The van der Waals surface area contributed by atoms with Gasteiger partial charge in [-0.2, -0.15) is 0 Å². The van der Waals surface area contributed by atoms with Gasteiger partial charge in [0, 0.05) is 56.4 Å². The highest BCUT2D eigenvalue weighted by molar-refractivity contribution is 5.83. The zero-order valence-corrected chi connectivity index (χ0v) is 19.6. The molecule has 5 nitrogen and oxygen atoms in total. The van der Waals surface area contributed by atoms with E-state index in [0.717, 1.165) is 81.9 Å². The van der Waals surface area contributed by atoms with E-state index in [1.54, 1.807) is 6.07 Å². The van der Waals surface area contributed by atoms with Gasteiger partial charge in [0.15, 0.2) is 0 Å². The maximum absolute atomic E-state index is 13.7. The first-order chi connectivity index (χ1) is 16.2. The van der Waals surface area contributed by atoms with Gasteiger partial charge in [0.05, 0.1) is 12.3 Å². The molecule has 1 aromatic heterocycles. The Bertz CT molecular complexity index is 1050. The number of anilines is 1. The van der Waals surface area contributed by atoms with Crippen LogP contribution in [0.1, 0.15) is 31.2 Å². The zero-order chi connectivity index (χ0) is 22.6.